The fourth-order valence-corrected chi connectivity index (χ4v) is 5.63. The molecule has 12 heteroatoms. The Balaban J connectivity index is 1.86. The third-order valence-electron chi connectivity index (χ3n) is 6.00. The summed E-state index contributed by atoms with van der Waals surface area (Å²) in [5.41, 5.74) is -1.10. The first kappa shape index (κ1) is 27.7. The van der Waals surface area contributed by atoms with Gasteiger partial charge in [-0.15, -0.1) is 0 Å². The SMILES string of the molecule is CCS(=O)(=O)c1ccc(Cl)cc1CNC(=O)c1cc(Cl)c(CN2CCC(NC)C2)c(C(F)(F)F)c1. The van der Waals surface area contributed by atoms with E-state index in [0.29, 0.717) is 13.1 Å². The number of likely N-dealkylation sites (N-methyl/N-ethyl adjacent to an activating group) is 1. The van der Waals surface area contributed by atoms with E-state index in [1.54, 1.807) is 7.05 Å². The third-order valence-corrected chi connectivity index (χ3v) is 8.40. The molecule has 1 heterocycles. The van der Waals surface area contributed by atoms with E-state index in [0.717, 1.165) is 12.5 Å². The normalized spacial score (nSPS) is 17.1. The molecule has 35 heavy (non-hydrogen) atoms. The Labute approximate surface area is 212 Å². The highest BCUT2D eigenvalue weighted by molar-refractivity contribution is 7.91. The number of amides is 1. The summed E-state index contributed by atoms with van der Waals surface area (Å²) in [6.07, 6.45) is -3.90. The zero-order valence-corrected chi connectivity index (χ0v) is 21.5. The Hall–Kier alpha value is -1.85. The maximum Gasteiger partial charge on any atom is 0.416 e. The highest BCUT2D eigenvalue weighted by Crippen LogP contribution is 2.37. The minimum atomic E-state index is -4.72. The van der Waals surface area contributed by atoms with Crippen molar-refractivity contribution >= 4 is 38.9 Å². The lowest BCUT2D eigenvalue weighted by Crippen LogP contribution is -2.30. The van der Waals surface area contributed by atoms with Crippen LogP contribution in [0.1, 0.15) is 40.4 Å². The van der Waals surface area contributed by atoms with Gasteiger partial charge < -0.3 is 10.6 Å². The van der Waals surface area contributed by atoms with Crippen molar-refractivity contribution in [2.45, 2.75) is 43.5 Å². The summed E-state index contributed by atoms with van der Waals surface area (Å²) in [6.45, 7) is 2.47. The standard InChI is InChI=1S/C23H26Cl2F3N3O3S/c1-3-35(33,34)21-5-4-16(24)8-15(21)11-30-22(32)14-9-19(23(26,27)28)18(20(25)10-14)13-31-7-6-17(12-31)29-2/h4-5,8-10,17,29H,3,6-7,11-13H2,1-2H3,(H,30,32). The fourth-order valence-electron chi connectivity index (χ4n) is 4.04. The van der Waals surface area contributed by atoms with Gasteiger partial charge in [0.05, 0.1) is 16.2 Å². The second kappa shape index (κ2) is 11.0. The first-order chi connectivity index (χ1) is 16.4. The van der Waals surface area contributed by atoms with Crippen molar-refractivity contribution in [3.05, 3.63) is 62.6 Å². The van der Waals surface area contributed by atoms with E-state index < -0.39 is 27.5 Å². The van der Waals surface area contributed by atoms with Gasteiger partial charge in [0, 0.05) is 47.8 Å². The van der Waals surface area contributed by atoms with E-state index >= 15 is 0 Å². The van der Waals surface area contributed by atoms with Crippen LogP contribution >= 0.6 is 23.2 Å². The number of halogens is 5. The van der Waals surface area contributed by atoms with Gasteiger partial charge in [-0.1, -0.05) is 30.1 Å². The molecule has 0 spiro atoms. The van der Waals surface area contributed by atoms with Gasteiger partial charge in [0.1, 0.15) is 0 Å². The molecule has 192 valence electrons. The lowest BCUT2D eigenvalue weighted by atomic mass is 10.0. The van der Waals surface area contributed by atoms with E-state index in [2.05, 4.69) is 10.6 Å². The molecule has 0 saturated carbocycles. The number of hydrogen-bond donors (Lipinski definition) is 2. The minimum absolute atomic E-state index is 0.000419. The van der Waals surface area contributed by atoms with Crippen molar-refractivity contribution in [1.82, 2.24) is 15.5 Å². The van der Waals surface area contributed by atoms with Crippen LogP contribution in [-0.2, 0) is 29.1 Å². The highest BCUT2D eigenvalue weighted by atomic mass is 35.5. The van der Waals surface area contributed by atoms with Crippen LogP contribution in [0.25, 0.3) is 0 Å². The van der Waals surface area contributed by atoms with E-state index in [-0.39, 0.29) is 56.5 Å². The molecule has 6 nitrogen and oxygen atoms in total. The van der Waals surface area contributed by atoms with E-state index in [4.69, 9.17) is 23.2 Å². The van der Waals surface area contributed by atoms with Crippen LogP contribution in [-0.4, -0.2) is 51.2 Å². The summed E-state index contributed by atoms with van der Waals surface area (Å²) < 4.78 is 66.4. The number of nitrogens with one attached hydrogen (secondary N) is 2. The summed E-state index contributed by atoms with van der Waals surface area (Å²) in [4.78, 5) is 14.6. The van der Waals surface area contributed by atoms with Crippen molar-refractivity contribution in [2.24, 2.45) is 0 Å². The van der Waals surface area contributed by atoms with E-state index in [9.17, 15) is 26.4 Å². The summed E-state index contributed by atoms with van der Waals surface area (Å²) in [5, 5.41) is 5.70. The zero-order valence-electron chi connectivity index (χ0n) is 19.2. The lowest BCUT2D eigenvalue weighted by molar-refractivity contribution is -0.138. The number of alkyl halides is 3. The Morgan fingerprint density at radius 2 is 1.91 bits per heavy atom. The number of benzene rings is 2. The summed E-state index contributed by atoms with van der Waals surface area (Å²) in [5.74, 6) is -0.978. The van der Waals surface area contributed by atoms with Gasteiger partial charge in [-0.25, -0.2) is 8.42 Å². The van der Waals surface area contributed by atoms with Gasteiger partial charge in [0.25, 0.3) is 5.91 Å². The molecular formula is C23H26Cl2F3N3O3S. The quantitative estimate of drug-likeness (QED) is 0.504. The molecule has 2 N–H and O–H groups in total. The molecule has 1 saturated heterocycles. The maximum atomic E-state index is 13.9. The number of hydrogen-bond acceptors (Lipinski definition) is 5. The van der Waals surface area contributed by atoms with Crippen molar-refractivity contribution in [3.8, 4) is 0 Å². The largest absolute Gasteiger partial charge is 0.416 e. The molecule has 1 aliphatic rings. The Bertz CT molecular complexity index is 1210. The monoisotopic (exact) mass is 551 g/mol. The second-order valence-electron chi connectivity index (χ2n) is 8.33. The van der Waals surface area contributed by atoms with Gasteiger partial charge in [-0.05, 0) is 54.9 Å². The lowest BCUT2D eigenvalue weighted by Gasteiger charge is -2.21. The van der Waals surface area contributed by atoms with Crippen LogP contribution < -0.4 is 10.6 Å². The minimum Gasteiger partial charge on any atom is -0.348 e. The summed E-state index contributed by atoms with van der Waals surface area (Å²) in [6, 6.07) is 6.34. The molecule has 1 fully saturated rings. The number of nitrogens with zero attached hydrogens (tertiary/aromatic N) is 1. The van der Waals surface area contributed by atoms with E-state index in [1.165, 1.54) is 31.2 Å². The molecule has 1 aliphatic heterocycles. The predicted octanol–water partition coefficient (Wildman–Crippen LogP) is 4.53. The summed E-state index contributed by atoms with van der Waals surface area (Å²) >= 11 is 12.2. The first-order valence-electron chi connectivity index (χ1n) is 10.9. The molecule has 1 atom stereocenters. The van der Waals surface area contributed by atoms with Crippen LogP contribution in [0.2, 0.25) is 10.0 Å². The number of carbonyl (C=O) groups excluding carboxylic acids is 1. The molecular weight excluding hydrogens is 526 g/mol. The average molecular weight is 552 g/mol. The van der Waals surface area contributed by atoms with Gasteiger partial charge in [-0.3, -0.25) is 9.69 Å². The van der Waals surface area contributed by atoms with Crippen molar-refractivity contribution in [3.63, 3.8) is 0 Å². The molecule has 3 rings (SSSR count). The van der Waals surface area contributed by atoms with Crippen molar-refractivity contribution in [1.29, 1.82) is 0 Å². The molecule has 1 unspecified atom stereocenters. The second-order valence-corrected chi connectivity index (χ2v) is 11.4. The smallest absolute Gasteiger partial charge is 0.348 e. The molecule has 2 aromatic rings. The van der Waals surface area contributed by atoms with Gasteiger partial charge in [0.15, 0.2) is 9.84 Å². The van der Waals surface area contributed by atoms with Crippen LogP contribution in [0.15, 0.2) is 35.2 Å². The molecule has 2 aromatic carbocycles. The number of carbonyl (C=O) groups is 1. The van der Waals surface area contributed by atoms with E-state index in [1.807, 2.05) is 4.90 Å². The predicted molar refractivity (Wildman–Crippen MR) is 130 cm³/mol. The van der Waals surface area contributed by atoms with Crippen LogP contribution in [0.5, 0.6) is 0 Å². The Morgan fingerprint density at radius 1 is 1.20 bits per heavy atom. The average Bonchev–Trinajstić information content (AvgIpc) is 3.25. The molecule has 1 amide bonds. The topological polar surface area (TPSA) is 78.5 Å². The zero-order chi connectivity index (χ0) is 26.0. The Morgan fingerprint density at radius 3 is 2.51 bits per heavy atom. The number of sulfone groups is 1. The molecule has 0 aromatic heterocycles. The molecule has 0 radical (unpaired) electrons. The van der Waals surface area contributed by atoms with Gasteiger partial charge in [0.2, 0.25) is 0 Å². The third kappa shape index (κ3) is 6.68. The molecule has 0 bridgehead atoms. The van der Waals surface area contributed by atoms with Gasteiger partial charge in [-0.2, -0.15) is 13.2 Å². The highest BCUT2D eigenvalue weighted by Gasteiger charge is 2.36. The van der Waals surface area contributed by atoms with Crippen LogP contribution in [0.3, 0.4) is 0 Å². The van der Waals surface area contributed by atoms with Gasteiger partial charge >= 0.3 is 6.18 Å². The maximum absolute atomic E-state index is 13.9. The van der Waals surface area contributed by atoms with Crippen molar-refractivity contribution < 1.29 is 26.4 Å². The molecule has 0 aliphatic carbocycles. The van der Waals surface area contributed by atoms with Crippen LogP contribution in [0.4, 0.5) is 13.2 Å². The summed E-state index contributed by atoms with van der Waals surface area (Å²) in [7, 11) is -1.80. The Kier molecular flexibility index (Phi) is 8.75. The van der Waals surface area contributed by atoms with Crippen molar-refractivity contribution in [2.75, 3.05) is 25.9 Å². The fraction of sp³-hybridized carbons (Fsp3) is 0.435. The van der Waals surface area contributed by atoms with Crippen LogP contribution in [0, 0.1) is 0 Å². The first-order valence-corrected chi connectivity index (χ1v) is 13.3. The number of rotatable bonds is 8. The number of likely N-dealkylation sites (tertiary alicyclic amines) is 1.